The predicted octanol–water partition coefficient (Wildman–Crippen LogP) is 4.98. The fourth-order valence-corrected chi connectivity index (χ4v) is 3.25. The second-order valence-corrected chi connectivity index (χ2v) is 6.69. The van der Waals surface area contributed by atoms with Gasteiger partial charge in [-0.3, -0.25) is 8.85 Å². The average molecular weight is 436 g/mol. The molecule has 0 spiro atoms. The summed E-state index contributed by atoms with van der Waals surface area (Å²) in [6, 6.07) is 0. The van der Waals surface area contributed by atoms with Crippen LogP contribution < -0.4 is 0 Å². The van der Waals surface area contributed by atoms with Crippen LogP contribution in [0.1, 0.15) is 0 Å². The van der Waals surface area contributed by atoms with Crippen LogP contribution in [0.5, 0.6) is 0 Å². The lowest BCUT2D eigenvalue weighted by atomic mass is 10.3. The Morgan fingerprint density at radius 1 is 0.480 bits per heavy atom. The Bertz CT molecular complexity index is 451. The van der Waals surface area contributed by atoms with Gasteiger partial charge in [0.2, 0.25) is 0 Å². The van der Waals surface area contributed by atoms with Crippen molar-refractivity contribution in [3.8, 4) is 0 Å². The minimum absolute atomic E-state index is 1.45. The monoisotopic (exact) mass is 436 g/mol. The Hall–Kier alpha value is -0.983. The van der Waals surface area contributed by atoms with Gasteiger partial charge in [0.25, 0.3) is 0 Å². The van der Waals surface area contributed by atoms with E-state index in [-0.39, 0.29) is 0 Å². The van der Waals surface area contributed by atoms with Gasteiger partial charge in [0, 0.05) is 0 Å². The van der Waals surface area contributed by atoms with Gasteiger partial charge in [0.05, 0.1) is 0 Å². The van der Waals surface area contributed by atoms with Gasteiger partial charge in [0.15, 0.2) is 0 Å². The molecule has 0 amide bonds. The lowest BCUT2D eigenvalue weighted by Crippen LogP contribution is -2.78. The van der Waals surface area contributed by atoms with Crippen LogP contribution in [-0.2, 0) is 8.85 Å². The molecule has 0 heterocycles. The van der Waals surface area contributed by atoms with Gasteiger partial charge in [-0.25, -0.2) is 0 Å². The number of rotatable bonds is 4. The highest BCUT2D eigenvalue weighted by Crippen LogP contribution is 2.57. The number of hydrogen-bond acceptors (Lipinski definition) is 2. The van der Waals surface area contributed by atoms with Crippen LogP contribution >= 0.6 is 0 Å². The maximum atomic E-state index is 13.2. The first kappa shape index (κ1) is 24.0. The van der Waals surface area contributed by atoms with Crippen molar-refractivity contribution in [2.45, 2.75) is 36.2 Å². The molecule has 0 aliphatic rings. The zero-order valence-electron chi connectivity index (χ0n) is 10.4. The third-order valence-electron chi connectivity index (χ3n) is 2.06. The van der Waals surface area contributed by atoms with Crippen molar-refractivity contribution in [1.82, 2.24) is 0 Å². The first-order valence-corrected chi connectivity index (χ1v) is 6.66. The van der Waals surface area contributed by atoms with Gasteiger partial charge in [-0.2, -0.15) is 43.9 Å². The molecule has 152 valence electrons. The summed E-state index contributed by atoms with van der Waals surface area (Å²) in [5.74, 6) is -15.8. The Morgan fingerprint density at radius 2 is 0.760 bits per heavy atom. The molecule has 0 saturated carbocycles. The summed E-state index contributed by atoms with van der Waals surface area (Å²) in [5.41, 5.74) is -8.14. The maximum Gasteiger partial charge on any atom is 0.550 e. The van der Waals surface area contributed by atoms with Crippen molar-refractivity contribution < 1.29 is 79.1 Å². The molecule has 0 rings (SSSR count). The summed E-state index contributed by atoms with van der Waals surface area (Å²) in [5, 5.41) is 0. The minimum atomic E-state index is -9.79. The number of hydrogen-bond donors (Lipinski definition) is 0. The molecule has 0 aromatic rings. The predicted molar refractivity (Wildman–Crippen MR) is 42.0 cm³/mol. The van der Waals surface area contributed by atoms with Crippen LogP contribution in [0.3, 0.4) is 0 Å². The smallest absolute Gasteiger partial charge is 0.296 e. The fourth-order valence-electron chi connectivity index (χ4n) is 1.15. The maximum absolute atomic E-state index is 13.2. The largest absolute Gasteiger partial charge is 0.550 e. The van der Waals surface area contributed by atoms with Crippen molar-refractivity contribution in [2.75, 3.05) is 0 Å². The summed E-state index contributed by atoms with van der Waals surface area (Å²) < 4.78 is 199. The first-order chi connectivity index (χ1) is 10.4. The molecule has 0 unspecified atom stereocenters. The molecule has 2 nitrogen and oxygen atoms in total. The minimum Gasteiger partial charge on any atom is -0.296 e. The van der Waals surface area contributed by atoms with Gasteiger partial charge in [-0.1, -0.05) is 0 Å². The van der Waals surface area contributed by atoms with Gasteiger partial charge in [0.1, 0.15) is 0 Å². The SMILES string of the molecule is FC(F)(F)O[Si](OC(F)(F)F)(C(F)(F)F)C(F)(F)C(F)(F)C(F)(F)F. The third kappa shape index (κ3) is 4.60. The van der Waals surface area contributed by atoms with Crippen LogP contribution in [-0.4, -0.2) is 44.7 Å². The molecule has 0 atom stereocenters. The van der Waals surface area contributed by atoms with E-state index in [0.717, 1.165) is 0 Å². The van der Waals surface area contributed by atoms with Gasteiger partial charge >= 0.3 is 44.7 Å². The summed E-state index contributed by atoms with van der Waals surface area (Å²) in [6.45, 7) is 0. The number of alkyl halides is 16. The second-order valence-electron chi connectivity index (χ2n) is 3.86. The van der Waals surface area contributed by atoms with Crippen molar-refractivity contribution in [3.63, 3.8) is 0 Å². The molecule has 0 aromatic carbocycles. The molecule has 19 heteroatoms. The topological polar surface area (TPSA) is 18.5 Å². The third-order valence-corrected chi connectivity index (χ3v) is 4.98. The van der Waals surface area contributed by atoms with E-state index >= 15 is 0 Å². The lowest BCUT2D eigenvalue weighted by molar-refractivity contribution is -0.381. The summed E-state index contributed by atoms with van der Waals surface area (Å²) in [7, 11) is -9.79. The molecule has 0 aliphatic heterocycles. The zero-order chi connectivity index (χ0) is 20.9. The van der Waals surface area contributed by atoms with Gasteiger partial charge < -0.3 is 0 Å². The van der Waals surface area contributed by atoms with Crippen molar-refractivity contribution in [2.24, 2.45) is 0 Å². The molecule has 0 fully saturated rings. The van der Waals surface area contributed by atoms with E-state index in [4.69, 9.17) is 0 Å². The highest BCUT2D eigenvalue weighted by Gasteiger charge is 2.93. The van der Waals surface area contributed by atoms with E-state index in [0.29, 0.717) is 0 Å². The second kappa shape index (κ2) is 6.03. The summed E-state index contributed by atoms with van der Waals surface area (Å²) in [6.07, 6.45) is -22.0. The van der Waals surface area contributed by atoms with Crippen LogP contribution in [0, 0.1) is 0 Å². The first-order valence-electron chi connectivity index (χ1n) is 4.84. The lowest BCUT2D eigenvalue weighted by Gasteiger charge is -2.40. The Labute approximate surface area is 125 Å². The molecular weight excluding hydrogens is 436 g/mol. The number of halogens is 16. The fraction of sp³-hybridized carbons (Fsp3) is 1.00. The van der Waals surface area contributed by atoms with Crippen molar-refractivity contribution in [3.05, 3.63) is 0 Å². The van der Waals surface area contributed by atoms with E-state index < -0.39 is 44.7 Å². The highest BCUT2D eigenvalue weighted by molar-refractivity contribution is 6.72. The summed E-state index contributed by atoms with van der Waals surface area (Å²) in [4.78, 5) is 0. The van der Waals surface area contributed by atoms with Crippen LogP contribution in [0.25, 0.3) is 0 Å². The molecule has 0 radical (unpaired) electrons. The average Bonchev–Trinajstić information content (AvgIpc) is 2.19. The van der Waals surface area contributed by atoms with Gasteiger partial charge in [-0.05, 0) is 0 Å². The van der Waals surface area contributed by atoms with E-state index in [1.54, 1.807) is 0 Å². The van der Waals surface area contributed by atoms with E-state index in [1.165, 1.54) is 8.85 Å². The quantitative estimate of drug-likeness (QED) is 0.458. The zero-order valence-corrected chi connectivity index (χ0v) is 11.4. The molecular formula is C6F16O2Si. The molecule has 0 bridgehead atoms. The van der Waals surface area contributed by atoms with Crippen LogP contribution in [0.4, 0.5) is 70.2 Å². The Morgan fingerprint density at radius 3 is 0.920 bits per heavy atom. The highest BCUT2D eigenvalue weighted by atomic mass is 28.4. The Balaban J connectivity index is 6.84. The van der Waals surface area contributed by atoms with E-state index in [9.17, 15) is 70.2 Å². The summed E-state index contributed by atoms with van der Waals surface area (Å²) >= 11 is 0. The van der Waals surface area contributed by atoms with Crippen LogP contribution in [0.15, 0.2) is 0 Å². The van der Waals surface area contributed by atoms with Gasteiger partial charge in [-0.15, -0.1) is 26.3 Å². The molecule has 0 saturated heterocycles. The van der Waals surface area contributed by atoms with E-state index in [2.05, 4.69) is 0 Å². The molecule has 25 heavy (non-hydrogen) atoms. The molecule has 0 aromatic heterocycles. The Kier molecular flexibility index (Phi) is 5.79. The molecule has 0 aliphatic carbocycles. The van der Waals surface area contributed by atoms with Crippen molar-refractivity contribution in [1.29, 1.82) is 0 Å². The van der Waals surface area contributed by atoms with E-state index in [1.807, 2.05) is 0 Å². The standard InChI is InChI=1S/C6F16O2Si/c7-1(8,2(9,10)11)3(12,13)25(6(20,21)22,23-4(14,15)16)24-5(17,18)19. The van der Waals surface area contributed by atoms with Crippen molar-refractivity contribution >= 4 is 8.56 Å². The normalized spacial score (nSPS) is 16.3. The van der Waals surface area contributed by atoms with Crippen LogP contribution in [0.2, 0.25) is 0 Å². The molecule has 0 N–H and O–H groups in total.